The summed E-state index contributed by atoms with van der Waals surface area (Å²) in [5.74, 6) is -5.02. The average Bonchev–Trinajstić information content (AvgIpc) is 3.33. The van der Waals surface area contributed by atoms with Crippen molar-refractivity contribution < 1.29 is 38.2 Å². The lowest BCUT2D eigenvalue weighted by atomic mass is 10.0. The lowest BCUT2D eigenvalue weighted by Crippen LogP contribution is -2.47. The third-order valence-electron chi connectivity index (χ3n) is 7.10. The van der Waals surface area contributed by atoms with E-state index in [-0.39, 0.29) is 38.2 Å². The van der Waals surface area contributed by atoms with Gasteiger partial charge in [0.25, 0.3) is 23.6 Å². The molecule has 0 radical (unpaired) electrons. The van der Waals surface area contributed by atoms with Crippen LogP contribution in [0.4, 0.5) is 11.4 Å². The first-order chi connectivity index (χ1) is 23.4. The van der Waals surface area contributed by atoms with Crippen LogP contribution in [-0.4, -0.2) is 59.7 Å². The molecule has 1 heterocycles. The zero-order valence-corrected chi connectivity index (χ0v) is 28.0. The van der Waals surface area contributed by atoms with Crippen LogP contribution in [0.15, 0.2) is 84.9 Å². The van der Waals surface area contributed by atoms with Gasteiger partial charge in [-0.2, -0.15) is 0 Å². The van der Waals surface area contributed by atoms with Gasteiger partial charge in [0, 0.05) is 17.8 Å². The molecule has 250 valence electrons. The molecular weight excluding hydrogens is 720 g/mol. The van der Waals surface area contributed by atoms with Gasteiger partial charge in [0.15, 0.2) is 13.2 Å². The summed E-state index contributed by atoms with van der Waals surface area (Å²) >= 11 is 23.7. The number of hydrogen-bond donors (Lipinski definition) is 2. The summed E-state index contributed by atoms with van der Waals surface area (Å²) < 4.78 is 10.4. The zero-order valence-electron chi connectivity index (χ0n) is 25.0. The number of carbonyl (C=O) groups is 6. The fourth-order valence-corrected chi connectivity index (χ4v) is 5.37. The quantitative estimate of drug-likeness (QED) is 0.131. The van der Waals surface area contributed by atoms with Crippen LogP contribution in [0.5, 0.6) is 0 Å². The Hall–Kier alpha value is -4.94. The number of anilines is 2. The second kappa shape index (κ2) is 15.5. The molecule has 4 amide bonds. The minimum atomic E-state index is -1.46. The number of nitrogens with one attached hydrogen (secondary N) is 2. The maximum atomic E-state index is 13.6. The van der Waals surface area contributed by atoms with E-state index in [1.807, 2.05) is 0 Å². The molecule has 1 atom stereocenters. The number of amides is 4. The highest BCUT2D eigenvalue weighted by atomic mass is 35.5. The lowest BCUT2D eigenvalue weighted by molar-refractivity contribution is -0.151. The van der Waals surface area contributed by atoms with E-state index in [1.54, 1.807) is 30.3 Å². The van der Waals surface area contributed by atoms with Crippen molar-refractivity contribution in [2.24, 2.45) is 0 Å². The summed E-state index contributed by atoms with van der Waals surface area (Å²) in [6.45, 7) is -1.40. The van der Waals surface area contributed by atoms with Crippen LogP contribution in [0.25, 0.3) is 0 Å². The molecule has 0 bridgehead atoms. The molecule has 0 saturated carbocycles. The molecule has 4 aromatic rings. The molecule has 0 fully saturated rings. The molecule has 0 aromatic heterocycles. The van der Waals surface area contributed by atoms with Gasteiger partial charge in [-0.1, -0.05) is 76.7 Å². The van der Waals surface area contributed by atoms with E-state index >= 15 is 0 Å². The first-order valence-corrected chi connectivity index (χ1v) is 15.8. The molecule has 0 spiro atoms. The van der Waals surface area contributed by atoms with E-state index in [9.17, 15) is 28.8 Å². The van der Waals surface area contributed by atoms with E-state index in [1.165, 1.54) is 48.5 Å². The highest BCUT2D eigenvalue weighted by Crippen LogP contribution is 2.29. The lowest BCUT2D eigenvalue weighted by Gasteiger charge is -2.24. The van der Waals surface area contributed by atoms with E-state index in [0.29, 0.717) is 22.0 Å². The van der Waals surface area contributed by atoms with Crippen LogP contribution in [0, 0.1) is 0 Å². The molecule has 1 aliphatic heterocycles. The van der Waals surface area contributed by atoms with Crippen molar-refractivity contribution in [2.45, 2.75) is 12.5 Å². The minimum Gasteiger partial charge on any atom is -0.454 e. The Morgan fingerprint density at radius 1 is 0.633 bits per heavy atom. The zero-order chi connectivity index (χ0) is 35.2. The Morgan fingerprint density at radius 2 is 1.18 bits per heavy atom. The molecule has 2 N–H and O–H groups in total. The Balaban J connectivity index is 1.27. The molecule has 1 unspecified atom stereocenters. The first kappa shape index (κ1) is 35.4. The Kier molecular flexibility index (Phi) is 11.2. The van der Waals surface area contributed by atoms with Crippen molar-refractivity contribution in [3.05, 3.63) is 127 Å². The topological polar surface area (TPSA) is 148 Å². The van der Waals surface area contributed by atoms with Crippen molar-refractivity contribution in [1.29, 1.82) is 0 Å². The van der Waals surface area contributed by atoms with Crippen LogP contribution >= 0.6 is 46.4 Å². The maximum Gasteiger partial charge on any atom is 0.338 e. The third kappa shape index (κ3) is 8.57. The van der Waals surface area contributed by atoms with Crippen LogP contribution < -0.4 is 10.6 Å². The second-order valence-corrected chi connectivity index (χ2v) is 12.1. The van der Waals surface area contributed by atoms with Gasteiger partial charge in [0.05, 0.1) is 36.8 Å². The molecule has 0 saturated heterocycles. The molecule has 5 rings (SSSR count). The Bertz CT molecular complexity index is 1990. The summed E-state index contributed by atoms with van der Waals surface area (Å²) in [7, 11) is 0. The van der Waals surface area contributed by atoms with Gasteiger partial charge >= 0.3 is 11.9 Å². The standard InChI is InChI=1S/C34H23Cl4N3O8/c35-24-10-7-20(14-26(24)37)39-29(42)16-48-33(46)19-6-9-22-23(13-19)32(45)41(31(22)44)28(12-18-4-2-1-3-5-18)34(47)49-17-30(43)40-21-8-11-25(36)27(38)15-21/h1-11,13-15,28H,12,16-17H2,(H,39,42)(H,40,43). The molecule has 49 heavy (non-hydrogen) atoms. The third-order valence-corrected chi connectivity index (χ3v) is 8.57. The van der Waals surface area contributed by atoms with Crippen LogP contribution in [0.3, 0.4) is 0 Å². The summed E-state index contributed by atoms with van der Waals surface area (Å²) in [6, 6.07) is 19.6. The summed E-state index contributed by atoms with van der Waals surface area (Å²) in [5, 5.41) is 6.02. The predicted molar refractivity (Wildman–Crippen MR) is 182 cm³/mol. The first-order valence-electron chi connectivity index (χ1n) is 14.3. The molecule has 4 aromatic carbocycles. The summed E-state index contributed by atoms with van der Waals surface area (Å²) in [4.78, 5) is 78.9. The van der Waals surface area contributed by atoms with Gasteiger partial charge in [-0.3, -0.25) is 24.1 Å². The summed E-state index contributed by atoms with van der Waals surface area (Å²) in [5.41, 5.74) is 0.880. The molecule has 1 aliphatic rings. The number of hydrogen-bond acceptors (Lipinski definition) is 8. The number of imide groups is 1. The van der Waals surface area contributed by atoms with E-state index in [4.69, 9.17) is 55.9 Å². The minimum absolute atomic E-state index is 0.0675. The maximum absolute atomic E-state index is 13.6. The molecular formula is C34H23Cl4N3O8. The Labute approximate surface area is 299 Å². The van der Waals surface area contributed by atoms with Gasteiger partial charge < -0.3 is 20.1 Å². The van der Waals surface area contributed by atoms with Gasteiger partial charge in [0.2, 0.25) is 0 Å². The molecule has 0 aliphatic carbocycles. The number of benzene rings is 4. The average molecular weight is 743 g/mol. The predicted octanol–water partition coefficient (Wildman–Crippen LogP) is 6.48. The van der Waals surface area contributed by atoms with Gasteiger partial charge in [0.1, 0.15) is 6.04 Å². The molecule has 11 nitrogen and oxygen atoms in total. The number of halogens is 4. The van der Waals surface area contributed by atoms with Crippen LogP contribution in [0.1, 0.15) is 36.6 Å². The number of fused-ring (bicyclic) bond motifs is 1. The number of rotatable bonds is 11. The van der Waals surface area contributed by atoms with Crippen molar-refractivity contribution in [3.8, 4) is 0 Å². The van der Waals surface area contributed by atoms with E-state index < -0.39 is 54.8 Å². The smallest absolute Gasteiger partial charge is 0.338 e. The van der Waals surface area contributed by atoms with Crippen molar-refractivity contribution in [1.82, 2.24) is 4.90 Å². The molecule has 15 heteroatoms. The Morgan fingerprint density at radius 3 is 1.76 bits per heavy atom. The van der Waals surface area contributed by atoms with Crippen molar-refractivity contribution in [2.75, 3.05) is 23.8 Å². The highest BCUT2D eigenvalue weighted by Gasteiger charge is 2.44. The highest BCUT2D eigenvalue weighted by molar-refractivity contribution is 6.42. The number of nitrogens with zero attached hydrogens (tertiary/aromatic N) is 1. The van der Waals surface area contributed by atoms with Crippen molar-refractivity contribution >= 4 is 93.3 Å². The SMILES string of the molecule is O=C(COC(=O)c1ccc2c(c1)C(=O)N(C(Cc1ccccc1)C(=O)OCC(=O)Nc1ccc(Cl)c(Cl)c1)C2=O)Nc1ccc(Cl)c(Cl)c1. The largest absolute Gasteiger partial charge is 0.454 e. The van der Waals surface area contributed by atoms with Crippen LogP contribution in [-0.2, 0) is 30.3 Å². The summed E-state index contributed by atoms with van der Waals surface area (Å²) in [6.07, 6.45) is -0.123. The number of esters is 2. The number of carbonyl (C=O) groups excluding carboxylic acids is 6. The van der Waals surface area contributed by atoms with Crippen LogP contribution in [0.2, 0.25) is 20.1 Å². The van der Waals surface area contributed by atoms with E-state index in [2.05, 4.69) is 10.6 Å². The van der Waals surface area contributed by atoms with E-state index in [0.717, 1.165) is 11.0 Å². The fourth-order valence-electron chi connectivity index (χ4n) is 4.78. The van der Waals surface area contributed by atoms with Gasteiger partial charge in [-0.15, -0.1) is 0 Å². The van der Waals surface area contributed by atoms with Gasteiger partial charge in [-0.05, 0) is 60.2 Å². The monoisotopic (exact) mass is 741 g/mol. The number of ether oxygens (including phenoxy) is 2. The second-order valence-electron chi connectivity index (χ2n) is 10.5. The van der Waals surface area contributed by atoms with Gasteiger partial charge in [-0.25, -0.2) is 9.59 Å². The normalized spacial score (nSPS) is 12.6. The van der Waals surface area contributed by atoms with Crippen molar-refractivity contribution in [3.63, 3.8) is 0 Å². The fraction of sp³-hybridized carbons (Fsp3) is 0.118.